The molecule has 0 radical (unpaired) electrons. The van der Waals surface area contributed by atoms with Crippen molar-refractivity contribution >= 4 is 11.1 Å². The third-order valence-electron chi connectivity index (χ3n) is 4.78. The molecule has 0 saturated carbocycles. The first-order valence-electron chi connectivity index (χ1n) is 9.09. The highest BCUT2D eigenvalue weighted by atomic mass is 19.1. The molecule has 2 nitrogen and oxygen atoms in total. The number of rotatable bonds is 3. The molecular weight excluding hydrogens is 349 g/mol. The number of nitrogens with zero attached hydrogens (tertiary/aromatic N) is 1. The second kappa shape index (κ2) is 6.78. The molecule has 2 heterocycles. The molecule has 134 valence electrons. The fourth-order valence-electron chi connectivity index (χ4n) is 3.32. The van der Waals surface area contributed by atoms with E-state index in [0.29, 0.717) is 11.5 Å². The van der Waals surface area contributed by atoms with Gasteiger partial charge in [0.05, 0.1) is 5.69 Å². The summed E-state index contributed by atoms with van der Waals surface area (Å²) in [5.74, 6) is 0.413. The Balaban J connectivity index is 1.54. The van der Waals surface area contributed by atoms with Gasteiger partial charge in [0.1, 0.15) is 11.6 Å². The summed E-state index contributed by atoms with van der Waals surface area (Å²) >= 11 is 0. The van der Waals surface area contributed by atoms with Gasteiger partial charge in [0, 0.05) is 16.5 Å². The standard InChI is InChI=1S/C25H16FNO/c26-22-12-9-18(10-13-22)24-16-21-11-14-23(27-25(21)28-24)20-8-4-7-19(15-20)17-5-2-1-3-6-17/h1-16H. The van der Waals surface area contributed by atoms with Gasteiger partial charge in [-0.25, -0.2) is 9.37 Å². The maximum Gasteiger partial charge on any atom is 0.227 e. The Labute approximate surface area is 161 Å². The normalized spacial score (nSPS) is 11.0. The van der Waals surface area contributed by atoms with Crippen molar-refractivity contribution in [1.82, 2.24) is 4.98 Å². The maximum atomic E-state index is 13.2. The van der Waals surface area contributed by atoms with Crippen LogP contribution < -0.4 is 0 Å². The molecule has 0 aliphatic carbocycles. The summed E-state index contributed by atoms with van der Waals surface area (Å²) in [5.41, 5.74) is 5.59. The molecule has 5 rings (SSSR count). The van der Waals surface area contributed by atoms with E-state index in [2.05, 4.69) is 24.3 Å². The monoisotopic (exact) mass is 365 g/mol. The van der Waals surface area contributed by atoms with Crippen molar-refractivity contribution in [2.75, 3.05) is 0 Å². The highest BCUT2D eigenvalue weighted by molar-refractivity contribution is 5.83. The largest absolute Gasteiger partial charge is 0.438 e. The van der Waals surface area contributed by atoms with Crippen LogP contribution in [0.15, 0.2) is 101 Å². The van der Waals surface area contributed by atoms with E-state index >= 15 is 0 Å². The lowest BCUT2D eigenvalue weighted by atomic mass is 10.0. The zero-order valence-corrected chi connectivity index (χ0v) is 15.0. The van der Waals surface area contributed by atoms with Gasteiger partial charge in [-0.1, -0.05) is 48.5 Å². The summed E-state index contributed by atoms with van der Waals surface area (Å²) < 4.78 is 19.1. The Morgan fingerprint density at radius 2 is 1.36 bits per heavy atom. The Kier molecular flexibility index (Phi) is 3.99. The average Bonchev–Trinajstić information content (AvgIpc) is 3.18. The number of pyridine rings is 1. The number of benzene rings is 3. The van der Waals surface area contributed by atoms with Crippen LogP contribution in [-0.4, -0.2) is 4.98 Å². The number of furan rings is 1. The minimum Gasteiger partial charge on any atom is -0.438 e. The number of aromatic nitrogens is 1. The zero-order valence-electron chi connectivity index (χ0n) is 15.0. The van der Waals surface area contributed by atoms with Crippen molar-refractivity contribution in [2.24, 2.45) is 0 Å². The van der Waals surface area contributed by atoms with Crippen molar-refractivity contribution in [1.29, 1.82) is 0 Å². The van der Waals surface area contributed by atoms with E-state index in [9.17, 15) is 4.39 Å². The van der Waals surface area contributed by atoms with E-state index in [0.717, 1.165) is 27.8 Å². The quantitative estimate of drug-likeness (QED) is 0.345. The second-order valence-corrected chi connectivity index (χ2v) is 6.66. The van der Waals surface area contributed by atoms with Crippen LogP contribution >= 0.6 is 0 Å². The molecule has 3 heteroatoms. The smallest absolute Gasteiger partial charge is 0.227 e. The Morgan fingerprint density at radius 1 is 0.607 bits per heavy atom. The van der Waals surface area contributed by atoms with Crippen molar-refractivity contribution in [3.63, 3.8) is 0 Å². The molecule has 0 saturated heterocycles. The summed E-state index contributed by atoms with van der Waals surface area (Å²) in [5, 5.41) is 0.919. The minimum absolute atomic E-state index is 0.265. The SMILES string of the molecule is Fc1ccc(-c2cc3ccc(-c4cccc(-c5ccccc5)c4)nc3o2)cc1. The van der Waals surface area contributed by atoms with Crippen LogP contribution in [0, 0.1) is 5.82 Å². The lowest BCUT2D eigenvalue weighted by Gasteiger charge is -2.05. The molecule has 0 amide bonds. The lowest BCUT2D eigenvalue weighted by Crippen LogP contribution is -1.84. The predicted octanol–water partition coefficient (Wildman–Crippen LogP) is 6.97. The third kappa shape index (κ3) is 3.08. The topological polar surface area (TPSA) is 26.0 Å². The van der Waals surface area contributed by atoms with Crippen molar-refractivity contribution < 1.29 is 8.81 Å². The fourth-order valence-corrected chi connectivity index (χ4v) is 3.32. The summed E-state index contributed by atoms with van der Waals surface area (Å²) in [6.45, 7) is 0. The van der Waals surface area contributed by atoms with Crippen molar-refractivity contribution in [3.05, 3.63) is 103 Å². The molecule has 0 aliphatic heterocycles. The number of hydrogen-bond donors (Lipinski definition) is 0. The van der Waals surface area contributed by atoms with Crippen LogP contribution in [0.25, 0.3) is 44.8 Å². The Hall–Kier alpha value is -3.72. The molecule has 5 aromatic rings. The van der Waals surface area contributed by atoms with Gasteiger partial charge in [-0.3, -0.25) is 0 Å². The summed E-state index contributed by atoms with van der Waals surface area (Å²) in [7, 11) is 0. The first-order chi connectivity index (χ1) is 13.8. The Bertz CT molecular complexity index is 1260. The summed E-state index contributed by atoms with van der Waals surface area (Å²) in [6.07, 6.45) is 0. The molecule has 2 aromatic heterocycles. The number of fused-ring (bicyclic) bond motifs is 1. The molecule has 0 N–H and O–H groups in total. The van der Waals surface area contributed by atoms with E-state index < -0.39 is 0 Å². The van der Waals surface area contributed by atoms with Gasteiger partial charge < -0.3 is 4.42 Å². The van der Waals surface area contributed by atoms with Gasteiger partial charge in [-0.2, -0.15) is 0 Å². The van der Waals surface area contributed by atoms with Gasteiger partial charge >= 0.3 is 0 Å². The first kappa shape index (κ1) is 16.5. The van der Waals surface area contributed by atoms with Crippen LogP contribution in [0.4, 0.5) is 4.39 Å². The summed E-state index contributed by atoms with van der Waals surface area (Å²) in [4.78, 5) is 4.70. The number of halogens is 1. The molecule has 0 unspecified atom stereocenters. The van der Waals surface area contributed by atoms with Crippen molar-refractivity contribution in [3.8, 4) is 33.7 Å². The Morgan fingerprint density at radius 3 is 2.18 bits per heavy atom. The van der Waals surface area contributed by atoms with Crippen molar-refractivity contribution in [2.45, 2.75) is 0 Å². The van der Waals surface area contributed by atoms with Gasteiger partial charge in [0.2, 0.25) is 5.71 Å². The maximum absolute atomic E-state index is 13.2. The van der Waals surface area contributed by atoms with E-state index in [1.54, 1.807) is 12.1 Å². The molecular formula is C25H16FNO. The fraction of sp³-hybridized carbons (Fsp3) is 0. The second-order valence-electron chi connectivity index (χ2n) is 6.66. The van der Waals surface area contributed by atoms with Gasteiger partial charge in [-0.15, -0.1) is 0 Å². The molecule has 3 aromatic carbocycles. The van der Waals surface area contributed by atoms with Gasteiger partial charge in [0.15, 0.2) is 0 Å². The minimum atomic E-state index is -0.265. The van der Waals surface area contributed by atoms with E-state index in [1.807, 2.05) is 48.5 Å². The molecule has 28 heavy (non-hydrogen) atoms. The molecule has 0 atom stereocenters. The van der Waals surface area contributed by atoms with Crippen LogP contribution in [0.2, 0.25) is 0 Å². The highest BCUT2D eigenvalue weighted by Gasteiger charge is 2.10. The molecule has 0 bridgehead atoms. The van der Waals surface area contributed by atoms with Crippen LogP contribution in [0.5, 0.6) is 0 Å². The average molecular weight is 365 g/mol. The third-order valence-corrected chi connectivity index (χ3v) is 4.78. The number of hydrogen-bond acceptors (Lipinski definition) is 2. The van der Waals surface area contributed by atoms with Gasteiger partial charge in [-0.05, 0) is 59.7 Å². The van der Waals surface area contributed by atoms with Crippen LogP contribution in [-0.2, 0) is 0 Å². The molecule has 0 spiro atoms. The highest BCUT2D eigenvalue weighted by Crippen LogP contribution is 2.30. The van der Waals surface area contributed by atoms with E-state index in [4.69, 9.17) is 9.40 Å². The van der Waals surface area contributed by atoms with E-state index in [1.165, 1.54) is 17.7 Å². The summed E-state index contributed by atoms with van der Waals surface area (Å²) in [6, 6.07) is 30.8. The first-order valence-corrected chi connectivity index (χ1v) is 9.09. The van der Waals surface area contributed by atoms with Crippen LogP contribution in [0.1, 0.15) is 0 Å². The van der Waals surface area contributed by atoms with Crippen LogP contribution in [0.3, 0.4) is 0 Å². The van der Waals surface area contributed by atoms with E-state index in [-0.39, 0.29) is 5.82 Å². The van der Waals surface area contributed by atoms with Gasteiger partial charge in [0.25, 0.3) is 0 Å². The lowest BCUT2D eigenvalue weighted by molar-refractivity contribution is 0.616. The zero-order chi connectivity index (χ0) is 18.9. The molecule has 0 aliphatic rings. The predicted molar refractivity (Wildman–Crippen MR) is 110 cm³/mol. The molecule has 0 fully saturated rings.